The van der Waals surface area contributed by atoms with Gasteiger partial charge >= 0.3 is 23.1 Å². The predicted molar refractivity (Wildman–Crippen MR) is 25.5 cm³/mol. The van der Waals surface area contributed by atoms with Gasteiger partial charge in [0, 0.05) is 14.1 Å². The minimum atomic E-state index is 0. The molecule has 0 aliphatic carbocycles. The third-order valence-corrected chi connectivity index (χ3v) is 0.211. The summed E-state index contributed by atoms with van der Waals surface area (Å²) in [6, 6.07) is 0. The van der Waals surface area contributed by atoms with E-state index in [2.05, 4.69) is 0 Å². The molecule has 5 heteroatoms. The first-order valence-corrected chi connectivity index (χ1v) is 1.39. The van der Waals surface area contributed by atoms with E-state index in [-0.39, 0.29) is 47.9 Å². The summed E-state index contributed by atoms with van der Waals surface area (Å²) in [5, 5.41) is 0. The number of nitrogens with zero attached hydrogens (tertiary/aromatic N) is 1. The van der Waals surface area contributed by atoms with Crippen LogP contribution >= 0.6 is 0 Å². The van der Waals surface area contributed by atoms with Crippen LogP contribution in [0, 0.1) is 0 Å². The number of amides is 1. The van der Waals surface area contributed by atoms with Crippen molar-refractivity contribution in [3.63, 3.8) is 0 Å². The monoisotopic (exact) mass is 167 g/mol. The van der Waals surface area contributed by atoms with Gasteiger partial charge in [-0.25, -0.2) is 0 Å². The van der Waals surface area contributed by atoms with Gasteiger partial charge in [-0.05, 0) is 0 Å². The fourth-order valence-electron chi connectivity index (χ4n) is 0. The molecule has 0 aromatic heterocycles. The molecule has 0 atom stereocenters. The normalized spacial score (nSPS) is 4.25. The van der Waals surface area contributed by atoms with Crippen LogP contribution < -0.4 is 24.8 Å². The van der Waals surface area contributed by atoms with E-state index in [9.17, 15) is 4.79 Å². The van der Waals surface area contributed by atoms with Crippen LogP contribution in [0.15, 0.2) is 0 Å². The van der Waals surface area contributed by atoms with Crippen LogP contribution in [-0.4, -0.2) is 48.5 Å². The molecule has 0 aromatic carbocycles. The van der Waals surface area contributed by atoms with Crippen molar-refractivity contribution >= 4 is 29.5 Å². The maximum Gasteiger partial charge on any atom is 2.00 e. The molecule has 0 spiro atoms. The van der Waals surface area contributed by atoms with E-state index in [0.29, 0.717) is 0 Å². The van der Waals surface area contributed by atoms with Crippen LogP contribution in [-0.2, 0) is 4.79 Å². The molecule has 0 unspecified atom stereocenters. The first-order valence-electron chi connectivity index (χ1n) is 1.39. The number of carbonyl (C=O) groups excluding carboxylic acids is 1. The summed E-state index contributed by atoms with van der Waals surface area (Å²) in [6.45, 7) is 0. The maximum atomic E-state index is 9.43. The fraction of sp³-hybridized carbons (Fsp3) is 0.667. The third-order valence-electron chi connectivity index (χ3n) is 0.211. The number of carbonyl (C=O) groups is 1. The Morgan fingerprint density at radius 2 is 1.38 bits per heavy atom. The molecule has 0 saturated carbocycles. The van der Waals surface area contributed by atoms with Crippen LogP contribution in [0.5, 0.6) is 0 Å². The summed E-state index contributed by atoms with van der Waals surface area (Å²) in [4.78, 5) is 10.9. The minimum Gasteiger partial charge on any atom is -1.00 e. The molecular weight excluding hydrogens is 161 g/mol. The molecule has 0 radical (unpaired) electrons. The molecule has 0 bridgehead atoms. The molecule has 0 heterocycles. The van der Waals surface area contributed by atoms with Gasteiger partial charge < -0.3 is 29.7 Å². The summed E-state index contributed by atoms with van der Waals surface area (Å²) >= 11 is 0. The molecule has 0 aromatic rings. The van der Waals surface area contributed by atoms with E-state index >= 15 is 0 Å². The van der Waals surface area contributed by atoms with Gasteiger partial charge in [0.05, 0.1) is 0 Å². The van der Waals surface area contributed by atoms with Gasteiger partial charge in [0.25, 0.3) is 0 Å². The van der Waals surface area contributed by atoms with Crippen LogP contribution in [0.3, 0.4) is 0 Å². The minimum absolute atomic E-state index is 0. The fourth-order valence-corrected chi connectivity index (χ4v) is 0. The first-order chi connectivity index (χ1) is 2.27. The predicted octanol–water partition coefficient (Wildman–Crippen LogP) is -6.67. The van der Waals surface area contributed by atoms with E-state index in [0.717, 1.165) is 6.41 Å². The molecule has 0 aliphatic heterocycles. The van der Waals surface area contributed by atoms with Gasteiger partial charge in [0.1, 0.15) is 0 Å². The summed E-state index contributed by atoms with van der Waals surface area (Å²) in [5.41, 5.74) is 0. The Morgan fingerprint density at radius 1 is 1.25 bits per heavy atom. The molecule has 0 N–H and O–H groups in total. The van der Waals surface area contributed by atoms with Crippen LogP contribution in [0.2, 0.25) is 0 Å². The van der Waals surface area contributed by atoms with Crippen molar-refractivity contribution in [1.29, 1.82) is 0 Å². The zero-order valence-corrected chi connectivity index (χ0v) is 7.82. The van der Waals surface area contributed by atoms with Crippen molar-refractivity contribution in [3.8, 4) is 0 Å². The maximum absolute atomic E-state index is 9.43. The topological polar surface area (TPSA) is 20.3 Å². The molecule has 0 rings (SSSR count). The van der Waals surface area contributed by atoms with Crippen LogP contribution in [0.1, 0.15) is 0 Å². The van der Waals surface area contributed by atoms with E-state index in [1.807, 2.05) is 0 Å². The van der Waals surface area contributed by atoms with Crippen molar-refractivity contribution in [2.45, 2.75) is 0 Å². The summed E-state index contributed by atoms with van der Waals surface area (Å²) in [7, 11) is 3.38. The number of hydrogen-bond acceptors (Lipinski definition) is 1. The molecular formula is C3H7Cl2MgNO. The Balaban J connectivity index is -0.0000000267. The number of halogens is 2. The van der Waals surface area contributed by atoms with Crippen LogP contribution in [0.25, 0.3) is 0 Å². The first kappa shape index (κ1) is 23.2. The molecule has 46 valence electrons. The van der Waals surface area contributed by atoms with Gasteiger partial charge in [-0.15, -0.1) is 0 Å². The average Bonchev–Trinajstić information content (AvgIpc) is 1.38. The molecule has 0 saturated heterocycles. The van der Waals surface area contributed by atoms with Gasteiger partial charge in [0.2, 0.25) is 6.41 Å². The van der Waals surface area contributed by atoms with Crippen molar-refractivity contribution in [3.05, 3.63) is 0 Å². The van der Waals surface area contributed by atoms with Gasteiger partial charge in [0.15, 0.2) is 0 Å². The Labute approximate surface area is 78.0 Å². The SMILES string of the molecule is CN(C)C=O.[Cl-].[Cl-].[Mg+2]. The zero-order valence-electron chi connectivity index (χ0n) is 4.90. The second-order valence-electron chi connectivity index (χ2n) is 1.07. The van der Waals surface area contributed by atoms with E-state index in [4.69, 9.17) is 0 Å². The third kappa shape index (κ3) is 29.1. The number of hydrogen-bond donors (Lipinski definition) is 0. The Kier molecular flexibility index (Phi) is 45.4. The Morgan fingerprint density at radius 3 is 1.38 bits per heavy atom. The van der Waals surface area contributed by atoms with Crippen LogP contribution in [0.4, 0.5) is 0 Å². The molecule has 2 nitrogen and oxygen atoms in total. The smallest absolute Gasteiger partial charge is 1.00 e. The zero-order chi connectivity index (χ0) is 4.28. The second-order valence-corrected chi connectivity index (χ2v) is 1.07. The van der Waals surface area contributed by atoms with Crippen molar-refractivity contribution in [2.24, 2.45) is 0 Å². The average molecular weight is 168 g/mol. The Hall–Kier alpha value is 0.816. The molecule has 0 aliphatic rings. The van der Waals surface area contributed by atoms with Crippen molar-refractivity contribution in [2.75, 3.05) is 14.1 Å². The van der Waals surface area contributed by atoms with Crippen molar-refractivity contribution < 1.29 is 29.6 Å². The van der Waals surface area contributed by atoms with Gasteiger partial charge in [-0.2, -0.15) is 0 Å². The molecule has 0 fully saturated rings. The standard InChI is InChI=1S/C3H7NO.2ClH.Mg/c1-4(2)3-5;;;/h3H,1-2H3;2*1H;/q;;;+2/p-2. The van der Waals surface area contributed by atoms with Crippen molar-refractivity contribution in [1.82, 2.24) is 4.90 Å². The number of rotatable bonds is 1. The summed E-state index contributed by atoms with van der Waals surface area (Å²) in [6.07, 6.45) is 0.750. The van der Waals surface area contributed by atoms with Gasteiger partial charge in [-0.3, -0.25) is 4.79 Å². The summed E-state index contributed by atoms with van der Waals surface area (Å²) < 4.78 is 0. The second kappa shape index (κ2) is 15.7. The largest absolute Gasteiger partial charge is 2.00 e. The van der Waals surface area contributed by atoms with E-state index in [1.165, 1.54) is 4.90 Å². The van der Waals surface area contributed by atoms with E-state index in [1.54, 1.807) is 14.1 Å². The molecule has 8 heavy (non-hydrogen) atoms. The molecule has 1 amide bonds. The van der Waals surface area contributed by atoms with E-state index < -0.39 is 0 Å². The quantitative estimate of drug-likeness (QED) is 0.282. The summed E-state index contributed by atoms with van der Waals surface area (Å²) in [5.74, 6) is 0. The Bertz CT molecular complexity index is 44.3. The van der Waals surface area contributed by atoms with Gasteiger partial charge in [-0.1, -0.05) is 0 Å².